The van der Waals surface area contributed by atoms with E-state index in [1.807, 2.05) is 18.2 Å². The van der Waals surface area contributed by atoms with Crippen LogP contribution in [0.4, 0.5) is 0 Å². The van der Waals surface area contributed by atoms with Gasteiger partial charge < -0.3 is 15.8 Å². The molecular weight excluding hydrogens is 336 g/mol. The minimum atomic E-state index is 0.153. The zero-order valence-corrected chi connectivity index (χ0v) is 15.7. The van der Waals surface area contributed by atoms with Crippen molar-refractivity contribution < 1.29 is 4.74 Å². The van der Waals surface area contributed by atoms with Gasteiger partial charge in [0, 0.05) is 18.5 Å². The van der Waals surface area contributed by atoms with Gasteiger partial charge in [-0.3, -0.25) is 4.90 Å². The van der Waals surface area contributed by atoms with Crippen LogP contribution in [0.1, 0.15) is 42.0 Å². The highest BCUT2D eigenvalue weighted by Crippen LogP contribution is 2.31. The number of rotatable bonds is 5. The summed E-state index contributed by atoms with van der Waals surface area (Å²) in [5, 5.41) is 3.36. The number of nitrogens with zero attached hydrogens (tertiary/aromatic N) is 2. The second kappa shape index (κ2) is 8.44. The van der Waals surface area contributed by atoms with Crippen LogP contribution < -0.4 is 15.8 Å². The molecule has 0 aromatic heterocycles. The Hall–Kier alpha value is -2.53. The molecule has 3 N–H and O–H groups in total. The average Bonchev–Trinajstić information content (AvgIpc) is 3.20. The van der Waals surface area contributed by atoms with E-state index in [0.717, 1.165) is 24.3 Å². The van der Waals surface area contributed by atoms with E-state index in [1.54, 1.807) is 0 Å². The topological polar surface area (TPSA) is 62.9 Å². The van der Waals surface area contributed by atoms with Crippen LogP contribution in [0.25, 0.3) is 0 Å². The molecule has 4 rings (SSSR count). The fourth-order valence-electron chi connectivity index (χ4n) is 3.92. The molecule has 0 saturated carbocycles. The highest BCUT2D eigenvalue weighted by molar-refractivity contribution is 5.78. The van der Waals surface area contributed by atoms with Gasteiger partial charge in [-0.15, -0.1) is 0 Å². The van der Waals surface area contributed by atoms with E-state index >= 15 is 0 Å². The van der Waals surface area contributed by atoms with Gasteiger partial charge in [-0.2, -0.15) is 0 Å². The fraction of sp³-hybridized carbons (Fsp3) is 0.409. The number of nitrogens with two attached hydrogens (primary N) is 1. The molecule has 0 amide bonds. The minimum absolute atomic E-state index is 0.153. The normalized spacial score (nSPS) is 20.1. The van der Waals surface area contributed by atoms with Crippen LogP contribution in [0.2, 0.25) is 0 Å². The van der Waals surface area contributed by atoms with Gasteiger partial charge in [0.2, 0.25) is 0 Å². The number of hydrogen-bond donors (Lipinski definition) is 2. The molecule has 2 aromatic rings. The molecular formula is C22H28N4O. The first-order valence-corrected chi connectivity index (χ1v) is 9.86. The van der Waals surface area contributed by atoms with Gasteiger partial charge in [0.05, 0.1) is 19.2 Å². The summed E-state index contributed by atoms with van der Waals surface area (Å²) in [4.78, 5) is 7.08. The van der Waals surface area contributed by atoms with Crippen molar-refractivity contribution in [2.24, 2.45) is 10.7 Å². The Morgan fingerprint density at radius 1 is 1.11 bits per heavy atom. The molecule has 1 saturated heterocycles. The third-order valence-electron chi connectivity index (χ3n) is 5.31. The van der Waals surface area contributed by atoms with Crippen LogP contribution in [0.3, 0.4) is 0 Å². The third-order valence-corrected chi connectivity index (χ3v) is 5.31. The van der Waals surface area contributed by atoms with E-state index in [1.165, 1.54) is 37.1 Å². The van der Waals surface area contributed by atoms with Crippen LogP contribution in [0.15, 0.2) is 53.5 Å². The van der Waals surface area contributed by atoms with E-state index in [2.05, 4.69) is 45.5 Å². The number of ether oxygens (including phenoxy) is 1. The highest BCUT2D eigenvalue weighted by atomic mass is 16.5. The van der Waals surface area contributed by atoms with Crippen LogP contribution in [0.5, 0.6) is 5.75 Å². The van der Waals surface area contributed by atoms with Crippen LogP contribution in [-0.2, 0) is 13.1 Å². The van der Waals surface area contributed by atoms with Crippen molar-refractivity contribution in [3.05, 3.63) is 65.2 Å². The first-order chi connectivity index (χ1) is 13.3. The Labute approximate surface area is 161 Å². The smallest absolute Gasteiger partial charge is 0.189 e. The molecule has 2 heterocycles. The van der Waals surface area contributed by atoms with Gasteiger partial charge in [-0.05, 0) is 43.1 Å². The van der Waals surface area contributed by atoms with Crippen LogP contribution in [-0.4, -0.2) is 30.6 Å². The molecule has 2 aromatic carbocycles. The van der Waals surface area contributed by atoms with E-state index < -0.39 is 0 Å². The molecule has 142 valence electrons. The molecule has 5 nitrogen and oxygen atoms in total. The lowest BCUT2D eigenvalue weighted by Crippen LogP contribution is -2.37. The third kappa shape index (κ3) is 4.61. The lowest BCUT2D eigenvalue weighted by atomic mass is 10.0. The van der Waals surface area contributed by atoms with Crippen molar-refractivity contribution in [1.29, 1.82) is 0 Å². The summed E-state index contributed by atoms with van der Waals surface area (Å²) in [5.41, 5.74) is 9.87. The van der Waals surface area contributed by atoms with Crippen molar-refractivity contribution in [3.8, 4) is 5.75 Å². The number of para-hydroxylation sites is 1. The van der Waals surface area contributed by atoms with Gasteiger partial charge in [0.25, 0.3) is 0 Å². The van der Waals surface area contributed by atoms with E-state index in [-0.39, 0.29) is 6.04 Å². The average molecular weight is 364 g/mol. The van der Waals surface area contributed by atoms with Gasteiger partial charge >= 0.3 is 0 Å². The van der Waals surface area contributed by atoms with Crippen LogP contribution >= 0.6 is 0 Å². The zero-order valence-electron chi connectivity index (χ0n) is 15.7. The van der Waals surface area contributed by atoms with Gasteiger partial charge in [-0.25, -0.2) is 4.99 Å². The number of benzene rings is 2. The standard InChI is InChI=1S/C22H28N4O/c23-22(25-20-10-13-27-21-9-2-1-8-19(20)21)24-15-17-6-5-7-18(14-17)16-26-11-3-4-12-26/h1-2,5-9,14,20H,3-4,10-13,15-16H2,(H3,23,24,25). The van der Waals surface area contributed by atoms with Gasteiger partial charge in [0.1, 0.15) is 5.75 Å². The number of hydrogen-bond acceptors (Lipinski definition) is 3. The van der Waals surface area contributed by atoms with Gasteiger partial charge in [0.15, 0.2) is 5.96 Å². The molecule has 1 unspecified atom stereocenters. The van der Waals surface area contributed by atoms with Crippen molar-refractivity contribution in [2.45, 2.75) is 38.4 Å². The fourth-order valence-corrected chi connectivity index (χ4v) is 3.92. The molecule has 1 fully saturated rings. The van der Waals surface area contributed by atoms with E-state index in [4.69, 9.17) is 10.5 Å². The van der Waals surface area contributed by atoms with Crippen molar-refractivity contribution >= 4 is 5.96 Å². The van der Waals surface area contributed by atoms with E-state index in [0.29, 0.717) is 19.1 Å². The Kier molecular flexibility index (Phi) is 5.58. The Morgan fingerprint density at radius 3 is 2.81 bits per heavy atom. The number of fused-ring (bicyclic) bond motifs is 1. The first-order valence-electron chi connectivity index (χ1n) is 9.86. The molecule has 2 aliphatic rings. The maximum absolute atomic E-state index is 6.17. The van der Waals surface area contributed by atoms with Crippen LogP contribution in [0, 0.1) is 0 Å². The molecule has 1 atom stereocenters. The Morgan fingerprint density at radius 2 is 1.93 bits per heavy atom. The minimum Gasteiger partial charge on any atom is -0.493 e. The number of aliphatic imine (C=N–C) groups is 1. The molecule has 0 spiro atoms. The quantitative estimate of drug-likeness (QED) is 0.632. The summed E-state index contributed by atoms with van der Waals surface area (Å²) in [6.07, 6.45) is 3.53. The van der Waals surface area contributed by atoms with Crippen molar-refractivity contribution in [1.82, 2.24) is 10.2 Å². The SMILES string of the molecule is NC(=NCc1cccc(CN2CCCC2)c1)NC1CCOc2ccccc21. The van der Waals surface area contributed by atoms with Gasteiger partial charge in [-0.1, -0.05) is 42.5 Å². The van der Waals surface area contributed by atoms with E-state index in [9.17, 15) is 0 Å². The second-order valence-electron chi connectivity index (χ2n) is 7.38. The Bertz CT molecular complexity index is 798. The summed E-state index contributed by atoms with van der Waals surface area (Å²) in [7, 11) is 0. The Balaban J connectivity index is 1.37. The zero-order chi connectivity index (χ0) is 18.5. The summed E-state index contributed by atoms with van der Waals surface area (Å²) in [5.74, 6) is 1.42. The lowest BCUT2D eigenvalue weighted by Gasteiger charge is -2.26. The summed E-state index contributed by atoms with van der Waals surface area (Å²) < 4.78 is 5.71. The molecule has 0 radical (unpaired) electrons. The molecule has 0 aliphatic carbocycles. The predicted octanol–water partition coefficient (Wildman–Crippen LogP) is 3.21. The maximum Gasteiger partial charge on any atom is 0.189 e. The summed E-state index contributed by atoms with van der Waals surface area (Å²) >= 11 is 0. The molecule has 0 bridgehead atoms. The highest BCUT2D eigenvalue weighted by Gasteiger charge is 2.21. The van der Waals surface area contributed by atoms with Crippen molar-refractivity contribution in [3.63, 3.8) is 0 Å². The summed E-state index contributed by atoms with van der Waals surface area (Å²) in [6, 6.07) is 17.0. The summed E-state index contributed by atoms with van der Waals surface area (Å²) in [6.45, 7) is 4.75. The second-order valence-corrected chi connectivity index (χ2v) is 7.38. The number of likely N-dealkylation sites (tertiary alicyclic amines) is 1. The predicted molar refractivity (Wildman–Crippen MR) is 109 cm³/mol. The molecule has 27 heavy (non-hydrogen) atoms. The maximum atomic E-state index is 6.17. The first kappa shape index (κ1) is 17.9. The van der Waals surface area contributed by atoms with Crippen molar-refractivity contribution in [2.75, 3.05) is 19.7 Å². The largest absolute Gasteiger partial charge is 0.493 e. The number of guanidine groups is 1. The number of nitrogens with one attached hydrogen (secondary N) is 1. The monoisotopic (exact) mass is 364 g/mol. The molecule has 2 aliphatic heterocycles. The molecule has 5 heteroatoms. The lowest BCUT2D eigenvalue weighted by molar-refractivity contribution is 0.262.